The third-order valence-electron chi connectivity index (χ3n) is 2.55. The highest BCUT2D eigenvalue weighted by molar-refractivity contribution is 5.84. The number of fused-ring (bicyclic) bond motifs is 1. The number of hydrogen-bond donors (Lipinski definition) is 2. The maximum atomic E-state index is 11.1. The van der Waals surface area contributed by atoms with Gasteiger partial charge in [-0.3, -0.25) is 4.79 Å². The molecule has 0 spiro atoms. The van der Waals surface area contributed by atoms with E-state index in [9.17, 15) is 9.90 Å². The Bertz CT molecular complexity index is 194. The SMILES string of the molecule is O=C1C(O)C(O)[C@@H]2CCCN12. The summed E-state index contributed by atoms with van der Waals surface area (Å²) in [5.41, 5.74) is 0. The van der Waals surface area contributed by atoms with Crippen LogP contribution in [0.4, 0.5) is 0 Å². The van der Waals surface area contributed by atoms with Crippen LogP contribution in [-0.4, -0.2) is 45.8 Å². The van der Waals surface area contributed by atoms with E-state index in [4.69, 9.17) is 5.11 Å². The first kappa shape index (κ1) is 7.06. The molecule has 2 unspecified atom stereocenters. The van der Waals surface area contributed by atoms with E-state index in [0.29, 0.717) is 6.54 Å². The van der Waals surface area contributed by atoms with Crippen LogP contribution in [0, 0.1) is 0 Å². The van der Waals surface area contributed by atoms with E-state index in [1.165, 1.54) is 0 Å². The van der Waals surface area contributed by atoms with E-state index >= 15 is 0 Å². The van der Waals surface area contributed by atoms with Gasteiger partial charge in [0.05, 0.1) is 6.04 Å². The number of carbonyl (C=O) groups excluding carboxylic acids is 1. The van der Waals surface area contributed by atoms with Crippen molar-refractivity contribution in [1.82, 2.24) is 4.90 Å². The van der Waals surface area contributed by atoms with Crippen molar-refractivity contribution in [3.05, 3.63) is 0 Å². The number of aliphatic hydroxyl groups excluding tert-OH is 2. The average molecular weight is 157 g/mol. The lowest BCUT2D eigenvalue weighted by Crippen LogP contribution is -2.30. The van der Waals surface area contributed by atoms with E-state index in [-0.39, 0.29) is 11.9 Å². The molecule has 0 aromatic carbocycles. The van der Waals surface area contributed by atoms with E-state index in [1.807, 2.05) is 0 Å². The molecule has 0 aliphatic carbocycles. The summed E-state index contributed by atoms with van der Waals surface area (Å²) < 4.78 is 0. The molecule has 62 valence electrons. The Morgan fingerprint density at radius 2 is 2.18 bits per heavy atom. The summed E-state index contributed by atoms with van der Waals surface area (Å²) in [6, 6.07) is -0.113. The summed E-state index contributed by atoms with van der Waals surface area (Å²) in [6.45, 7) is 0.692. The molecule has 4 heteroatoms. The summed E-state index contributed by atoms with van der Waals surface area (Å²) >= 11 is 0. The minimum absolute atomic E-state index is 0.113. The number of nitrogens with zero attached hydrogens (tertiary/aromatic N) is 1. The molecule has 1 amide bonds. The predicted molar refractivity (Wildman–Crippen MR) is 36.7 cm³/mol. The van der Waals surface area contributed by atoms with E-state index < -0.39 is 12.2 Å². The minimum atomic E-state index is -1.17. The van der Waals surface area contributed by atoms with Crippen molar-refractivity contribution in [3.63, 3.8) is 0 Å². The highest BCUT2D eigenvalue weighted by Crippen LogP contribution is 2.28. The van der Waals surface area contributed by atoms with Crippen molar-refractivity contribution in [2.45, 2.75) is 31.1 Å². The van der Waals surface area contributed by atoms with Crippen molar-refractivity contribution < 1.29 is 15.0 Å². The van der Waals surface area contributed by atoms with E-state index in [1.54, 1.807) is 4.90 Å². The van der Waals surface area contributed by atoms with Crippen molar-refractivity contribution in [2.75, 3.05) is 6.54 Å². The zero-order chi connectivity index (χ0) is 8.01. The Hall–Kier alpha value is -0.610. The number of hydrogen-bond acceptors (Lipinski definition) is 3. The van der Waals surface area contributed by atoms with Gasteiger partial charge in [-0.15, -0.1) is 0 Å². The molecule has 2 aliphatic rings. The molecule has 2 aliphatic heterocycles. The van der Waals surface area contributed by atoms with Crippen LogP contribution in [-0.2, 0) is 4.79 Å². The van der Waals surface area contributed by atoms with Gasteiger partial charge >= 0.3 is 0 Å². The standard InChI is InChI=1S/C7H11NO3/c9-5-4-2-1-3-8(4)7(11)6(5)10/h4-6,9-10H,1-3H2/t4-,5?,6?/m0/s1. The molecule has 0 radical (unpaired) electrons. The molecule has 2 fully saturated rings. The molecule has 3 atom stereocenters. The number of rotatable bonds is 0. The first-order valence-corrected chi connectivity index (χ1v) is 3.88. The summed E-state index contributed by atoms with van der Waals surface area (Å²) in [7, 11) is 0. The lowest BCUT2D eigenvalue weighted by molar-refractivity contribution is -0.135. The Labute approximate surface area is 64.4 Å². The molecule has 0 saturated carbocycles. The van der Waals surface area contributed by atoms with Crippen LogP contribution < -0.4 is 0 Å². The van der Waals surface area contributed by atoms with Crippen molar-refractivity contribution in [3.8, 4) is 0 Å². The monoisotopic (exact) mass is 157 g/mol. The zero-order valence-electron chi connectivity index (χ0n) is 6.10. The number of amides is 1. The molecule has 4 nitrogen and oxygen atoms in total. The molecule has 2 rings (SSSR count). The molecule has 2 heterocycles. The maximum absolute atomic E-state index is 11.1. The zero-order valence-corrected chi connectivity index (χ0v) is 6.10. The molecule has 0 bridgehead atoms. The third-order valence-corrected chi connectivity index (χ3v) is 2.55. The van der Waals surface area contributed by atoms with Crippen LogP contribution in [0.25, 0.3) is 0 Å². The highest BCUT2D eigenvalue weighted by atomic mass is 16.3. The minimum Gasteiger partial charge on any atom is -0.388 e. The second kappa shape index (κ2) is 2.19. The smallest absolute Gasteiger partial charge is 0.254 e. The lowest BCUT2D eigenvalue weighted by atomic mass is 10.1. The van der Waals surface area contributed by atoms with Crippen molar-refractivity contribution >= 4 is 5.91 Å². The first-order valence-electron chi connectivity index (χ1n) is 3.88. The first-order chi connectivity index (χ1) is 5.22. The van der Waals surface area contributed by atoms with Gasteiger partial charge in [0.15, 0.2) is 6.10 Å². The molecule has 2 N–H and O–H groups in total. The number of aliphatic hydroxyl groups is 2. The topological polar surface area (TPSA) is 60.8 Å². The Morgan fingerprint density at radius 1 is 1.45 bits per heavy atom. The molecule has 0 aromatic heterocycles. The summed E-state index contributed by atoms with van der Waals surface area (Å²) in [4.78, 5) is 12.7. The predicted octanol–water partition coefficient (Wildman–Crippen LogP) is -1.29. The molecule has 0 aromatic rings. The van der Waals surface area contributed by atoms with Gasteiger partial charge in [0.2, 0.25) is 0 Å². The summed E-state index contributed by atoms with van der Waals surface area (Å²) in [6.07, 6.45) is -0.255. The van der Waals surface area contributed by atoms with Crippen LogP contribution in [0.5, 0.6) is 0 Å². The van der Waals surface area contributed by atoms with Gasteiger partial charge in [0.25, 0.3) is 5.91 Å². The van der Waals surface area contributed by atoms with Gasteiger partial charge < -0.3 is 15.1 Å². The fourth-order valence-corrected chi connectivity index (χ4v) is 1.95. The Balaban J connectivity index is 2.23. The molecular formula is C7H11NO3. The van der Waals surface area contributed by atoms with Crippen molar-refractivity contribution in [1.29, 1.82) is 0 Å². The molecular weight excluding hydrogens is 146 g/mol. The van der Waals surface area contributed by atoms with Crippen LogP contribution in [0.3, 0.4) is 0 Å². The Morgan fingerprint density at radius 3 is 2.82 bits per heavy atom. The van der Waals surface area contributed by atoms with Gasteiger partial charge in [0.1, 0.15) is 6.10 Å². The average Bonchev–Trinajstić information content (AvgIpc) is 2.53. The molecule has 2 saturated heterocycles. The van der Waals surface area contributed by atoms with Gasteiger partial charge in [-0.05, 0) is 12.8 Å². The van der Waals surface area contributed by atoms with Gasteiger partial charge in [-0.1, -0.05) is 0 Å². The third kappa shape index (κ3) is 0.795. The van der Waals surface area contributed by atoms with E-state index in [0.717, 1.165) is 12.8 Å². The molecule has 11 heavy (non-hydrogen) atoms. The van der Waals surface area contributed by atoms with Crippen LogP contribution >= 0.6 is 0 Å². The van der Waals surface area contributed by atoms with Crippen LogP contribution in [0.2, 0.25) is 0 Å². The summed E-state index contributed by atoms with van der Waals surface area (Å²) in [5, 5.41) is 18.5. The van der Waals surface area contributed by atoms with Crippen molar-refractivity contribution in [2.24, 2.45) is 0 Å². The fourth-order valence-electron chi connectivity index (χ4n) is 1.95. The van der Waals surface area contributed by atoms with Gasteiger partial charge in [0, 0.05) is 6.54 Å². The van der Waals surface area contributed by atoms with Gasteiger partial charge in [-0.25, -0.2) is 0 Å². The highest BCUT2D eigenvalue weighted by Gasteiger charge is 2.48. The number of carbonyl (C=O) groups is 1. The second-order valence-corrected chi connectivity index (χ2v) is 3.18. The maximum Gasteiger partial charge on any atom is 0.254 e. The largest absolute Gasteiger partial charge is 0.388 e. The normalized spacial score (nSPS) is 43.3. The quantitative estimate of drug-likeness (QED) is 0.460. The Kier molecular flexibility index (Phi) is 1.40. The van der Waals surface area contributed by atoms with Crippen LogP contribution in [0.1, 0.15) is 12.8 Å². The second-order valence-electron chi connectivity index (χ2n) is 3.18. The fraction of sp³-hybridized carbons (Fsp3) is 0.857. The lowest BCUT2D eigenvalue weighted by Gasteiger charge is -2.15. The van der Waals surface area contributed by atoms with Gasteiger partial charge in [-0.2, -0.15) is 0 Å². The summed E-state index contributed by atoms with van der Waals surface area (Å²) in [5.74, 6) is -0.306. The van der Waals surface area contributed by atoms with E-state index in [2.05, 4.69) is 0 Å². The van der Waals surface area contributed by atoms with Crippen LogP contribution in [0.15, 0.2) is 0 Å².